The van der Waals surface area contributed by atoms with Crippen molar-refractivity contribution in [2.24, 2.45) is 0 Å². The summed E-state index contributed by atoms with van der Waals surface area (Å²) in [6.45, 7) is 0.379. The number of benzene rings is 1. The molecule has 0 fully saturated rings. The normalized spacial score (nSPS) is 12.1. The van der Waals surface area contributed by atoms with Gasteiger partial charge in [-0.1, -0.05) is 23.2 Å². The van der Waals surface area contributed by atoms with Gasteiger partial charge in [-0.15, -0.1) is 5.10 Å². The molecule has 0 aliphatic heterocycles. The first-order valence-corrected chi connectivity index (χ1v) is 7.30. The highest BCUT2D eigenvalue weighted by molar-refractivity contribution is 7.85. The van der Waals surface area contributed by atoms with Crippen LogP contribution in [0.3, 0.4) is 0 Å². The number of hydrogen-bond donors (Lipinski definition) is 0. The van der Waals surface area contributed by atoms with Crippen molar-refractivity contribution in [1.29, 1.82) is 5.26 Å². The van der Waals surface area contributed by atoms with E-state index in [1.807, 2.05) is 6.07 Å². The van der Waals surface area contributed by atoms with Gasteiger partial charge in [0.15, 0.2) is 0 Å². The lowest BCUT2D eigenvalue weighted by Gasteiger charge is -2.05. The van der Waals surface area contributed by atoms with E-state index in [0.717, 1.165) is 0 Å². The summed E-state index contributed by atoms with van der Waals surface area (Å²) in [5.41, 5.74) is 0. The molecule has 19 heavy (non-hydrogen) atoms. The molecule has 0 aliphatic rings. The standard InChI is InChI=1S/C11H8Cl2N4OS/c12-8-1-2-9(13)10(5-8)19(18)4-3-17-7-15-11(6-14)16-17/h1-2,5,7H,3-4H2/t19-/m1/s1. The summed E-state index contributed by atoms with van der Waals surface area (Å²) in [4.78, 5) is 4.26. The Labute approximate surface area is 122 Å². The van der Waals surface area contributed by atoms with E-state index in [4.69, 9.17) is 28.5 Å². The highest BCUT2D eigenvalue weighted by Gasteiger charge is 2.10. The highest BCUT2D eigenvalue weighted by atomic mass is 35.5. The number of halogens is 2. The monoisotopic (exact) mass is 314 g/mol. The van der Waals surface area contributed by atoms with Gasteiger partial charge in [0.2, 0.25) is 0 Å². The maximum absolute atomic E-state index is 12.1. The Hall–Kier alpha value is -1.42. The van der Waals surface area contributed by atoms with Gasteiger partial charge < -0.3 is 0 Å². The maximum atomic E-state index is 12.1. The first-order valence-electron chi connectivity index (χ1n) is 5.23. The smallest absolute Gasteiger partial charge is 0.252 e. The van der Waals surface area contributed by atoms with Crippen molar-refractivity contribution in [2.45, 2.75) is 11.4 Å². The van der Waals surface area contributed by atoms with Crippen LogP contribution >= 0.6 is 23.2 Å². The quantitative estimate of drug-likeness (QED) is 0.867. The van der Waals surface area contributed by atoms with Gasteiger partial charge in [-0.2, -0.15) is 5.26 Å². The summed E-state index contributed by atoms with van der Waals surface area (Å²) in [7, 11) is -1.29. The summed E-state index contributed by atoms with van der Waals surface area (Å²) in [6, 6.07) is 6.66. The molecule has 1 aromatic heterocycles. The van der Waals surface area contributed by atoms with Gasteiger partial charge in [0, 0.05) is 10.8 Å². The summed E-state index contributed by atoms with van der Waals surface area (Å²) in [6.07, 6.45) is 1.43. The van der Waals surface area contributed by atoms with Crippen LogP contribution in [0.15, 0.2) is 29.4 Å². The predicted octanol–water partition coefficient (Wildman–Crippen LogP) is 2.26. The number of aromatic nitrogens is 3. The molecule has 0 unspecified atom stereocenters. The Morgan fingerprint density at radius 2 is 2.21 bits per heavy atom. The van der Waals surface area contributed by atoms with Crippen molar-refractivity contribution in [3.05, 3.63) is 40.4 Å². The molecule has 8 heteroatoms. The van der Waals surface area contributed by atoms with E-state index in [0.29, 0.717) is 27.2 Å². The van der Waals surface area contributed by atoms with Crippen LogP contribution in [0.25, 0.3) is 0 Å². The first kappa shape index (κ1) is 14.0. The number of hydrogen-bond acceptors (Lipinski definition) is 4. The van der Waals surface area contributed by atoms with Gasteiger partial charge in [-0.25, -0.2) is 4.98 Å². The predicted molar refractivity (Wildman–Crippen MR) is 72.5 cm³/mol. The van der Waals surface area contributed by atoms with E-state index in [-0.39, 0.29) is 5.82 Å². The Balaban J connectivity index is 2.05. The van der Waals surface area contributed by atoms with Crippen LogP contribution in [0.2, 0.25) is 10.0 Å². The minimum Gasteiger partial charge on any atom is -0.254 e. The molecule has 0 radical (unpaired) electrons. The fourth-order valence-electron chi connectivity index (χ4n) is 1.39. The number of rotatable bonds is 4. The van der Waals surface area contributed by atoms with Gasteiger partial charge in [0.05, 0.1) is 27.3 Å². The molecule has 0 saturated carbocycles. The number of nitriles is 1. The summed E-state index contributed by atoms with van der Waals surface area (Å²) >= 11 is 11.8. The zero-order chi connectivity index (χ0) is 13.8. The third kappa shape index (κ3) is 3.53. The van der Waals surface area contributed by atoms with E-state index in [1.165, 1.54) is 11.0 Å². The van der Waals surface area contributed by atoms with Crippen molar-refractivity contribution < 1.29 is 4.21 Å². The Bertz CT molecular complexity index is 665. The first-order chi connectivity index (χ1) is 9.10. The highest BCUT2D eigenvalue weighted by Crippen LogP contribution is 2.23. The molecule has 2 aromatic rings. The molecule has 0 N–H and O–H groups in total. The maximum Gasteiger partial charge on any atom is 0.252 e. The molecule has 1 heterocycles. The average molecular weight is 315 g/mol. The molecule has 0 spiro atoms. The van der Waals surface area contributed by atoms with E-state index in [9.17, 15) is 4.21 Å². The van der Waals surface area contributed by atoms with E-state index in [2.05, 4.69) is 10.1 Å². The molecular formula is C11H8Cl2N4OS. The second kappa shape index (κ2) is 6.15. The molecule has 0 saturated heterocycles. The fourth-order valence-corrected chi connectivity index (χ4v) is 3.12. The van der Waals surface area contributed by atoms with Crippen LogP contribution in [0.1, 0.15) is 5.82 Å². The van der Waals surface area contributed by atoms with Crippen molar-refractivity contribution in [3.63, 3.8) is 0 Å². The summed E-state index contributed by atoms with van der Waals surface area (Å²) < 4.78 is 13.6. The van der Waals surface area contributed by atoms with Crippen molar-refractivity contribution in [1.82, 2.24) is 14.8 Å². The number of nitrogens with zero attached hydrogens (tertiary/aromatic N) is 4. The second-order valence-electron chi connectivity index (χ2n) is 3.57. The molecule has 2 rings (SSSR count). The largest absolute Gasteiger partial charge is 0.254 e. The molecule has 0 amide bonds. The Morgan fingerprint density at radius 1 is 1.42 bits per heavy atom. The molecule has 98 valence electrons. The van der Waals surface area contributed by atoms with Gasteiger partial charge >= 0.3 is 0 Å². The van der Waals surface area contributed by atoms with Gasteiger partial charge in [0.25, 0.3) is 5.82 Å². The van der Waals surface area contributed by atoms with Crippen LogP contribution in [0.5, 0.6) is 0 Å². The lowest BCUT2D eigenvalue weighted by Crippen LogP contribution is -2.09. The molecule has 0 aliphatic carbocycles. The molecule has 1 aromatic carbocycles. The zero-order valence-electron chi connectivity index (χ0n) is 9.58. The fraction of sp³-hybridized carbons (Fsp3) is 0.182. The van der Waals surface area contributed by atoms with Crippen LogP contribution in [-0.2, 0) is 17.3 Å². The van der Waals surface area contributed by atoms with Crippen molar-refractivity contribution in [3.8, 4) is 6.07 Å². The van der Waals surface area contributed by atoms with E-state index in [1.54, 1.807) is 18.2 Å². The summed E-state index contributed by atoms with van der Waals surface area (Å²) in [5, 5.41) is 13.4. The second-order valence-corrected chi connectivity index (χ2v) is 5.95. The molecular weight excluding hydrogens is 307 g/mol. The Kier molecular flexibility index (Phi) is 4.53. The minimum atomic E-state index is -1.29. The van der Waals surface area contributed by atoms with Crippen molar-refractivity contribution in [2.75, 3.05) is 5.75 Å². The number of aryl methyl sites for hydroxylation is 1. The van der Waals surface area contributed by atoms with Gasteiger partial charge in [-0.3, -0.25) is 8.89 Å². The van der Waals surface area contributed by atoms with Crippen LogP contribution in [0.4, 0.5) is 0 Å². The van der Waals surface area contributed by atoms with E-state index >= 15 is 0 Å². The summed E-state index contributed by atoms with van der Waals surface area (Å²) in [5.74, 6) is 0.403. The van der Waals surface area contributed by atoms with Crippen LogP contribution < -0.4 is 0 Å². The molecule has 5 nitrogen and oxygen atoms in total. The Morgan fingerprint density at radius 3 is 2.89 bits per heavy atom. The van der Waals surface area contributed by atoms with E-state index < -0.39 is 10.8 Å². The van der Waals surface area contributed by atoms with Crippen LogP contribution in [0, 0.1) is 11.3 Å². The van der Waals surface area contributed by atoms with Gasteiger partial charge in [0.1, 0.15) is 12.4 Å². The van der Waals surface area contributed by atoms with Crippen LogP contribution in [-0.4, -0.2) is 24.7 Å². The molecule has 1 atom stereocenters. The van der Waals surface area contributed by atoms with Gasteiger partial charge in [-0.05, 0) is 18.2 Å². The third-order valence-electron chi connectivity index (χ3n) is 2.28. The zero-order valence-corrected chi connectivity index (χ0v) is 11.9. The molecule has 0 bridgehead atoms. The minimum absolute atomic E-state index is 0.0894. The topological polar surface area (TPSA) is 71.6 Å². The lowest BCUT2D eigenvalue weighted by molar-refractivity contribution is 0.641. The SMILES string of the molecule is N#Cc1ncn(CC[S@@](=O)c2cc(Cl)ccc2Cl)n1. The average Bonchev–Trinajstić information content (AvgIpc) is 2.87. The lowest BCUT2D eigenvalue weighted by atomic mass is 10.4. The third-order valence-corrected chi connectivity index (χ3v) is 4.34. The van der Waals surface area contributed by atoms with Crippen molar-refractivity contribution >= 4 is 34.0 Å².